The zero-order chi connectivity index (χ0) is 13.2. The molecule has 1 aliphatic carbocycles. The van der Waals surface area contributed by atoms with E-state index in [1.54, 1.807) is 0 Å². The Bertz CT molecular complexity index is 406. The number of nitrogens with one attached hydrogen (secondary N) is 1. The van der Waals surface area contributed by atoms with Crippen molar-refractivity contribution in [2.45, 2.75) is 51.7 Å². The minimum Gasteiger partial charge on any atom is -0.488 e. The van der Waals surface area contributed by atoms with E-state index in [4.69, 9.17) is 4.74 Å². The van der Waals surface area contributed by atoms with Gasteiger partial charge < -0.3 is 10.1 Å². The lowest BCUT2D eigenvalue weighted by molar-refractivity contribution is 0.183. The fourth-order valence-corrected chi connectivity index (χ4v) is 3.47. The number of benzene rings is 1. The molecule has 1 aromatic carbocycles. The van der Waals surface area contributed by atoms with Crippen molar-refractivity contribution in [1.29, 1.82) is 0 Å². The third-order valence-electron chi connectivity index (χ3n) is 4.78. The summed E-state index contributed by atoms with van der Waals surface area (Å²) in [4.78, 5) is 0. The van der Waals surface area contributed by atoms with Crippen LogP contribution in [0, 0.1) is 11.8 Å². The molecule has 1 N–H and O–H groups in total. The molecule has 104 valence electrons. The van der Waals surface area contributed by atoms with Crippen LogP contribution < -0.4 is 10.1 Å². The van der Waals surface area contributed by atoms with Gasteiger partial charge in [0.15, 0.2) is 0 Å². The van der Waals surface area contributed by atoms with Gasteiger partial charge in [0.2, 0.25) is 0 Å². The Kier molecular flexibility index (Phi) is 3.79. The predicted molar refractivity (Wildman–Crippen MR) is 78.5 cm³/mol. The van der Waals surface area contributed by atoms with Gasteiger partial charge in [0.05, 0.1) is 0 Å². The first kappa shape index (κ1) is 13.0. The van der Waals surface area contributed by atoms with Gasteiger partial charge in [-0.1, -0.05) is 38.5 Å². The van der Waals surface area contributed by atoms with Gasteiger partial charge >= 0.3 is 0 Å². The molecule has 0 spiro atoms. The molecule has 0 saturated heterocycles. The summed E-state index contributed by atoms with van der Waals surface area (Å²) in [5.41, 5.74) is 1.36. The summed E-state index contributed by atoms with van der Waals surface area (Å²) in [6, 6.07) is 9.10. The first-order valence-electron chi connectivity index (χ1n) is 7.70. The number of ether oxygens (including phenoxy) is 1. The molecule has 2 nitrogen and oxygen atoms in total. The number of hydrogen-bond donors (Lipinski definition) is 1. The van der Waals surface area contributed by atoms with E-state index in [2.05, 4.69) is 43.4 Å². The van der Waals surface area contributed by atoms with Crippen LogP contribution in [0.25, 0.3) is 0 Å². The smallest absolute Gasteiger partial charge is 0.123 e. The molecule has 3 rings (SSSR count). The predicted octanol–water partition coefficient (Wildman–Crippen LogP) is 3.40. The van der Waals surface area contributed by atoms with E-state index in [9.17, 15) is 0 Å². The molecule has 1 heterocycles. The van der Waals surface area contributed by atoms with Crippen LogP contribution in [0.15, 0.2) is 24.3 Å². The van der Waals surface area contributed by atoms with Crippen LogP contribution in [0.1, 0.15) is 38.7 Å². The molecule has 0 bridgehead atoms. The van der Waals surface area contributed by atoms with E-state index in [-0.39, 0.29) is 0 Å². The Labute approximate surface area is 116 Å². The molecule has 2 aliphatic rings. The maximum Gasteiger partial charge on any atom is 0.123 e. The molecule has 1 aromatic rings. The van der Waals surface area contributed by atoms with Crippen molar-refractivity contribution in [3.05, 3.63) is 29.8 Å². The lowest BCUT2D eigenvalue weighted by Gasteiger charge is -2.34. The first-order chi connectivity index (χ1) is 9.22. The average Bonchev–Trinajstić information content (AvgIpc) is 2.82. The highest BCUT2D eigenvalue weighted by Gasteiger charge is 2.27. The maximum atomic E-state index is 6.00. The first-order valence-corrected chi connectivity index (χ1v) is 7.70. The number of para-hydroxylation sites is 1. The summed E-state index contributed by atoms with van der Waals surface area (Å²) in [7, 11) is 0. The molecule has 1 fully saturated rings. The Morgan fingerprint density at radius 3 is 2.89 bits per heavy atom. The highest BCUT2D eigenvalue weighted by molar-refractivity contribution is 5.37. The Hall–Kier alpha value is -1.02. The van der Waals surface area contributed by atoms with E-state index in [1.165, 1.54) is 24.8 Å². The van der Waals surface area contributed by atoms with Gasteiger partial charge in [-0.25, -0.2) is 0 Å². The quantitative estimate of drug-likeness (QED) is 0.898. The zero-order valence-electron chi connectivity index (χ0n) is 12.1. The highest BCUT2D eigenvalue weighted by atomic mass is 16.5. The number of fused-ring (bicyclic) bond motifs is 1. The van der Waals surface area contributed by atoms with Gasteiger partial charge in [0, 0.05) is 19.0 Å². The van der Waals surface area contributed by atoms with Gasteiger partial charge in [-0.05, 0) is 36.3 Å². The third kappa shape index (κ3) is 2.94. The van der Waals surface area contributed by atoms with Crippen LogP contribution in [0.5, 0.6) is 5.75 Å². The second-order valence-electron chi connectivity index (χ2n) is 6.46. The Morgan fingerprint density at radius 2 is 2.05 bits per heavy atom. The molecular weight excluding hydrogens is 234 g/mol. The number of rotatable bonds is 3. The molecule has 4 unspecified atom stereocenters. The molecule has 2 heteroatoms. The topological polar surface area (TPSA) is 21.3 Å². The van der Waals surface area contributed by atoms with Crippen LogP contribution in [0.4, 0.5) is 0 Å². The van der Waals surface area contributed by atoms with Gasteiger partial charge in [-0.15, -0.1) is 0 Å². The molecule has 0 aromatic heterocycles. The summed E-state index contributed by atoms with van der Waals surface area (Å²) in [5.74, 6) is 2.76. The molecule has 4 atom stereocenters. The SMILES string of the molecule is CC1CCC(C)C(NCC2Cc3ccccc3O2)C1. The van der Waals surface area contributed by atoms with Gasteiger partial charge in [0.1, 0.15) is 11.9 Å². The second kappa shape index (κ2) is 5.54. The summed E-state index contributed by atoms with van der Waals surface area (Å²) in [6.45, 7) is 5.74. The highest BCUT2D eigenvalue weighted by Crippen LogP contribution is 2.30. The van der Waals surface area contributed by atoms with Crippen LogP contribution in [-0.4, -0.2) is 18.7 Å². The van der Waals surface area contributed by atoms with Crippen LogP contribution in [0.2, 0.25) is 0 Å². The van der Waals surface area contributed by atoms with Crippen molar-refractivity contribution in [2.24, 2.45) is 11.8 Å². The van der Waals surface area contributed by atoms with Crippen LogP contribution in [-0.2, 0) is 6.42 Å². The average molecular weight is 259 g/mol. The van der Waals surface area contributed by atoms with Crippen molar-refractivity contribution in [3.63, 3.8) is 0 Å². The van der Waals surface area contributed by atoms with Crippen molar-refractivity contribution < 1.29 is 4.74 Å². The zero-order valence-corrected chi connectivity index (χ0v) is 12.1. The maximum absolute atomic E-state index is 6.00. The summed E-state index contributed by atoms with van der Waals surface area (Å²) >= 11 is 0. The van der Waals surface area contributed by atoms with E-state index >= 15 is 0 Å². The fourth-order valence-electron chi connectivity index (χ4n) is 3.47. The van der Waals surface area contributed by atoms with E-state index in [0.29, 0.717) is 12.1 Å². The van der Waals surface area contributed by atoms with Crippen molar-refractivity contribution >= 4 is 0 Å². The minimum absolute atomic E-state index is 0.321. The standard InChI is InChI=1S/C17H25NO/c1-12-7-8-13(2)16(9-12)18-11-15-10-14-5-3-4-6-17(14)19-15/h3-6,12-13,15-16,18H,7-11H2,1-2H3. The van der Waals surface area contributed by atoms with E-state index in [1.807, 2.05) is 0 Å². The molecule has 0 amide bonds. The van der Waals surface area contributed by atoms with Gasteiger partial charge in [-0.3, -0.25) is 0 Å². The van der Waals surface area contributed by atoms with Gasteiger partial charge in [0.25, 0.3) is 0 Å². The summed E-state index contributed by atoms with van der Waals surface area (Å²) in [5, 5.41) is 3.75. The van der Waals surface area contributed by atoms with E-state index < -0.39 is 0 Å². The monoisotopic (exact) mass is 259 g/mol. The lowest BCUT2D eigenvalue weighted by Crippen LogP contribution is -2.43. The third-order valence-corrected chi connectivity index (χ3v) is 4.78. The fraction of sp³-hybridized carbons (Fsp3) is 0.647. The normalized spacial score (nSPS) is 33.8. The molecule has 1 saturated carbocycles. The van der Waals surface area contributed by atoms with Crippen molar-refractivity contribution in [1.82, 2.24) is 5.32 Å². The largest absolute Gasteiger partial charge is 0.488 e. The second-order valence-corrected chi connectivity index (χ2v) is 6.46. The molecule has 19 heavy (non-hydrogen) atoms. The Morgan fingerprint density at radius 1 is 1.21 bits per heavy atom. The van der Waals surface area contributed by atoms with E-state index in [0.717, 1.165) is 30.6 Å². The minimum atomic E-state index is 0.321. The summed E-state index contributed by atoms with van der Waals surface area (Å²) in [6.07, 6.45) is 5.46. The van der Waals surface area contributed by atoms with Crippen LogP contribution in [0.3, 0.4) is 0 Å². The van der Waals surface area contributed by atoms with Crippen LogP contribution >= 0.6 is 0 Å². The molecular formula is C17H25NO. The van der Waals surface area contributed by atoms with Crippen molar-refractivity contribution in [2.75, 3.05) is 6.54 Å². The van der Waals surface area contributed by atoms with Gasteiger partial charge in [-0.2, -0.15) is 0 Å². The molecule has 0 radical (unpaired) electrons. The molecule has 1 aliphatic heterocycles. The summed E-state index contributed by atoms with van der Waals surface area (Å²) < 4.78 is 6.00. The lowest BCUT2D eigenvalue weighted by atomic mass is 9.80. The Balaban J connectivity index is 1.51. The van der Waals surface area contributed by atoms with Crippen molar-refractivity contribution in [3.8, 4) is 5.75 Å². The number of hydrogen-bond acceptors (Lipinski definition) is 2.